The highest BCUT2D eigenvalue weighted by molar-refractivity contribution is 6.32. The minimum atomic E-state index is -1.15. The van der Waals surface area contributed by atoms with Crippen LogP contribution in [0.4, 0.5) is 5.69 Å². The molecule has 3 aromatic rings. The number of para-hydroxylation sites is 1. The zero-order valence-electron chi connectivity index (χ0n) is 16.2. The van der Waals surface area contributed by atoms with E-state index in [2.05, 4.69) is 5.32 Å². The predicted molar refractivity (Wildman–Crippen MR) is 114 cm³/mol. The van der Waals surface area contributed by atoms with Gasteiger partial charge in [-0.05, 0) is 29.8 Å². The van der Waals surface area contributed by atoms with E-state index in [1.165, 1.54) is 6.20 Å². The van der Waals surface area contributed by atoms with Gasteiger partial charge in [0.1, 0.15) is 11.3 Å². The lowest BCUT2D eigenvalue weighted by atomic mass is 9.88. The lowest BCUT2D eigenvalue weighted by Gasteiger charge is -2.26. The molecule has 0 fully saturated rings. The van der Waals surface area contributed by atoms with E-state index in [-0.39, 0.29) is 30.2 Å². The van der Waals surface area contributed by atoms with Crippen LogP contribution in [0.3, 0.4) is 0 Å². The van der Waals surface area contributed by atoms with Crippen LogP contribution in [0.5, 0.6) is 5.75 Å². The summed E-state index contributed by atoms with van der Waals surface area (Å²) >= 11 is 6.38. The molecule has 0 radical (unpaired) electrons. The Labute approximate surface area is 182 Å². The van der Waals surface area contributed by atoms with Crippen molar-refractivity contribution in [2.75, 3.05) is 11.9 Å². The summed E-state index contributed by atoms with van der Waals surface area (Å²) in [6, 6.07) is 14.0. The van der Waals surface area contributed by atoms with Crippen molar-refractivity contribution in [3.63, 3.8) is 0 Å². The maximum absolute atomic E-state index is 12.4. The minimum absolute atomic E-state index is 0.0191. The average Bonchev–Trinajstić information content (AvgIpc) is 3.12. The van der Waals surface area contributed by atoms with E-state index in [0.29, 0.717) is 22.2 Å². The first-order valence-corrected chi connectivity index (χ1v) is 9.77. The molecule has 1 aromatic heterocycles. The summed E-state index contributed by atoms with van der Waals surface area (Å²) in [5.74, 6) is -1.99. The van der Waals surface area contributed by atoms with E-state index in [0.717, 1.165) is 5.56 Å². The van der Waals surface area contributed by atoms with Gasteiger partial charge in [-0.1, -0.05) is 35.9 Å². The number of aromatic carboxylic acids is 1. The van der Waals surface area contributed by atoms with Crippen LogP contribution in [0.25, 0.3) is 5.69 Å². The Morgan fingerprint density at radius 2 is 1.90 bits per heavy atom. The molecule has 1 atom stereocenters. The molecular formula is C22H18ClN3O5. The number of aromatic nitrogens is 1. The summed E-state index contributed by atoms with van der Waals surface area (Å²) in [5.41, 5.74) is 7.34. The molecule has 0 unspecified atom stereocenters. The summed E-state index contributed by atoms with van der Waals surface area (Å²) in [6.07, 6.45) is 1.60. The first-order valence-electron chi connectivity index (χ1n) is 9.39. The number of carbonyl (C=O) groups excluding carboxylic acids is 2. The number of carbonyl (C=O) groups is 3. The van der Waals surface area contributed by atoms with Gasteiger partial charge < -0.3 is 25.5 Å². The van der Waals surface area contributed by atoms with Crippen LogP contribution in [-0.4, -0.2) is 34.1 Å². The Kier molecular flexibility index (Phi) is 5.39. The normalized spacial score (nSPS) is 15.1. The SMILES string of the molecule is NC(=O)COc1ccc([C@H]2CC(=O)Nc3c(C(=O)O)cn(-c4ccccc4Cl)c32)cc1. The molecule has 158 valence electrons. The maximum atomic E-state index is 12.4. The molecule has 1 aliphatic rings. The zero-order chi connectivity index (χ0) is 22.1. The van der Waals surface area contributed by atoms with Crippen LogP contribution in [-0.2, 0) is 9.59 Å². The van der Waals surface area contributed by atoms with Gasteiger partial charge in [0.25, 0.3) is 5.91 Å². The number of amides is 2. The van der Waals surface area contributed by atoms with Crippen LogP contribution < -0.4 is 15.8 Å². The largest absolute Gasteiger partial charge is 0.484 e. The monoisotopic (exact) mass is 439 g/mol. The number of nitrogens with one attached hydrogen (secondary N) is 1. The van der Waals surface area contributed by atoms with Gasteiger partial charge in [-0.25, -0.2) is 4.79 Å². The maximum Gasteiger partial charge on any atom is 0.339 e. The molecule has 2 heterocycles. The van der Waals surface area contributed by atoms with Crippen molar-refractivity contribution in [3.05, 3.63) is 76.6 Å². The van der Waals surface area contributed by atoms with Crippen molar-refractivity contribution < 1.29 is 24.2 Å². The fourth-order valence-corrected chi connectivity index (χ4v) is 3.93. The van der Waals surface area contributed by atoms with Crippen molar-refractivity contribution in [1.29, 1.82) is 0 Å². The average molecular weight is 440 g/mol. The first kappa shape index (κ1) is 20.5. The van der Waals surface area contributed by atoms with Crippen molar-refractivity contribution in [2.45, 2.75) is 12.3 Å². The Morgan fingerprint density at radius 3 is 2.55 bits per heavy atom. The molecule has 4 rings (SSSR count). The number of carboxylic acids is 1. The molecule has 8 nitrogen and oxygen atoms in total. The molecular weight excluding hydrogens is 422 g/mol. The third-order valence-corrected chi connectivity index (χ3v) is 5.35. The van der Waals surface area contributed by atoms with Gasteiger partial charge in [0.05, 0.1) is 22.1 Å². The summed E-state index contributed by atoms with van der Waals surface area (Å²) < 4.78 is 7.00. The van der Waals surface area contributed by atoms with E-state index >= 15 is 0 Å². The van der Waals surface area contributed by atoms with Crippen LogP contribution in [0.2, 0.25) is 5.02 Å². The Hall–Kier alpha value is -3.78. The topological polar surface area (TPSA) is 124 Å². The summed E-state index contributed by atoms with van der Waals surface area (Å²) in [4.78, 5) is 35.2. The second kappa shape index (κ2) is 8.16. The van der Waals surface area contributed by atoms with Gasteiger partial charge in [0, 0.05) is 18.5 Å². The van der Waals surface area contributed by atoms with Crippen LogP contribution in [0.1, 0.15) is 34.0 Å². The third-order valence-electron chi connectivity index (χ3n) is 5.03. The number of hydrogen-bond acceptors (Lipinski definition) is 4. The smallest absolute Gasteiger partial charge is 0.339 e. The summed E-state index contributed by atoms with van der Waals surface area (Å²) in [6.45, 7) is -0.243. The number of ether oxygens (including phenoxy) is 1. The number of halogens is 1. The molecule has 31 heavy (non-hydrogen) atoms. The molecule has 0 saturated heterocycles. The number of nitrogens with zero attached hydrogens (tertiary/aromatic N) is 1. The molecule has 9 heteroatoms. The molecule has 4 N–H and O–H groups in total. The fourth-order valence-electron chi connectivity index (χ4n) is 3.70. The zero-order valence-corrected chi connectivity index (χ0v) is 16.9. The quantitative estimate of drug-likeness (QED) is 0.544. The molecule has 0 aliphatic carbocycles. The highest BCUT2D eigenvalue weighted by Crippen LogP contribution is 2.42. The Bertz CT molecular complexity index is 1190. The standard InChI is InChI=1S/C22H18ClN3O5/c23-16-3-1-2-4-17(16)26-10-15(22(29)30)20-21(26)14(9-19(28)25-20)12-5-7-13(8-6-12)31-11-18(24)27/h1-8,10,14H,9,11H2,(H2,24,27)(H,25,28)(H,29,30)/t14-/m1/s1. The van der Waals surface area contributed by atoms with E-state index in [9.17, 15) is 19.5 Å². The van der Waals surface area contributed by atoms with Crippen molar-refractivity contribution in [2.24, 2.45) is 5.73 Å². The van der Waals surface area contributed by atoms with Crippen LogP contribution in [0.15, 0.2) is 54.7 Å². The fraction of sp³-hybridized carbons (Fsp3) is 0.136. The molecule has 0 bridgehead atoms. The van der Waals surface area contributed by atoms with Gasteiger partial charge in [0.15, 0.2) is 6.61 Å². The van der Waals surface area contributed by atoms with Crippen molar-refractivity contribution >= 4 is 35.1 Å². The number of hydrogen-bond donors (Lipinski definition) is 3. The lowest BCUT2D eigenvalue weighted by Crippen LogP contribution is -2.25. The summed E-state index contributed by atoms with van der Waals surface area (Å²) in [5, 5.41) is 12.9. The number of anilines is 1. The number of primary amides is 1. The van der Waals surface area contributed by atoms with Gasteiger partial charge in [-0.2, -0.15) is 0 Å². The minimum Gasteiger partial charge on any atom is -0.484 e. The number of fused-ring (bicyclic) bond motifs is 1. The second-order valence-electron chi connectivity index (χ2n) is 7.06. The van der Waals surface area contributed by atoms with Gasteiger partial charge in [-0.15, -0.1) is 0 Å². The number of carboxylic acid groups (broad SMARTS) is 1. The van der Waals surface area contributed by atoms with E-state index < -0.39 is 17.8 Å². The molecule has 2 amide bonds. The first-order chi connectivity index (χ1) is 14.8. The van der Waals surface area contributed by atoms with Gasteiger partial charge >= 0.3 is 5.97 Å². The van der Waals surface area contributed by atoms with E-state index in [4.69, 9.17) is 22.1 Å². The predicted octanol–water partition coefficient (Wildman–Crippen LogP) is 3.17. The van der Waals surface area contributed by atoms with E-state index in [1.54, 1.807) is 53.1 Å². The Morgan fingerprint density at radius 1 is 1.19 bits per heavy atom. The highest BCUT2D eigenvalue weighted by atomic mass is 35.5. The molecule has 2 aromatic carbocycles. The number of rotatable bonds is 6. The van der Waals surface area contributed by atoms with Gasteiger partial charge in [0.2, 0.25) is 5.91 Å². The second-order valence-corrected chi connectivity index (χ2v) is 7.47. The highest BCUT2D eigenvalue weighted by Gasteiger charge is 2.34. The number of benzene rings is 2. The van der Waals surface area contributed by atoms with Crippen molar-refractivity contribution in [1.82, 2.24) is 4.57 Å². The molecule has 1 aliphatic heterocycles. The third kappa shape index (κ3) is 3.97. The molecule has 0 saturated carbocycles. The lowest BCUT2D eigenvalue weighted by molar-refractivity contribution is -0.120. The molecule has 0 spiro atoms. The van der Waals surface area contributed by atoms with E-state index in [1.807, 2.05) is 0 Å². The van der Waals surface area contributed by atoms with Gasteiger partial charge in [-0.3, -0.25) is 9.59 Å². The van der Waals surface area contributed by atoms with Crippen molar-refractivity contribution in [3.8, 4) is 11.4 Å². The Balaban J connectivity index is 1.83. The number of nitrogens with two attached hydrogens (primary N) is 1. The summed E-state index contributed by atoms with van der Waals surface area (Å²) in [7, 11) is 0. The van der Waals surface area contributed by atoms with Crippen LogP contribution >= 0.6 is 11.6 Å². The van der Waals surface area contributed by atoms with Crippen LogP contribution in [0, 0.1) is 0 Å².